The molecule has 0 aromatic rings. The third kappa shape index (κ3) is 0.982. The van der Waals surface area contributed by atoms with Crippen LogP contribution in [0.2, 0.25) is 46.7 Å². The molecule has 12 heterocycles. The van der Waals surface area contributed by atoms with E-state index in [0.29, 0.717) is 10.6 Å². The summed E-state index contributed by atoms with van der Waals surface area (Å²) >= 11 is 0. The molecule has 8 bridgehead atoms. The van der Waals surface area contributed by atoms with Crippen LogP contribution in [0.3, 0.4) is 0 Å². The Balaban J connectivity index is 0.895. The SMILES string of the molecule is CC(C)(C)[C]12[CH]3[C]4(CP(C5C6CC7CC(C6)CC5C7)C5C6CC7CC(C6)CC5C7)[C]5(C(P)(C6CCCCN6)C6CCCCN6)[CH]1[Fe]34251678[CH]2[CH]1[CH]6[CH]7[CH]28. The number of nitrogens with one attached hydrogen (secondary N) is 2. The van der Waals surface area contributed by atoms with Gasteiger partial charge in [0.05, 0.1) is 0 Å². The Morgan fingerprint density at radius 3 is 1.39 bits per heavy atom. The number of rotatable bonds is 7. The summed E-state index contributed by atoms with van der Waals surface area (Å²) in [6.07, 6.45) is 27.7. The van der Waals surface area contributed by atoms with Gasteiger partial charge in [0, 0.05) is 0 Å². The van der Waals surface area contributed by atoms with Crippen LogP contribution in [0.25, 0.3) is 0 Å². The second-order valence-electron chi connectivity index (χ2n) is 27.7. The van der Waals surface area contributed by atoms with Crippen molar-refractivity contribution in [2.45, 2.75) is 199 Å². The Morgan fingerprint density at radius 2 is 1.04 bits per heavy atom. The predicted octanol–water partition coefficient (Wildman–Crippen LogP) is 11.6. The monoisotopic (exact) mass is 768 g/mol. The van der Waals surface area contributed by atoms with E-state index in [1.54, 1.807) is 64.2 Å². The Labute approximate surface area is 303 Å². The first-order valence-corrected chi connectivity index (χ1v) is 32.0. The number of hydrogen-bond donors (Lipinski definition) is 2. The molecule has 5 heteroatoms. The van der Waals surface area contributed by atoms with Crippen molar-refractivity contribution >= 4 is 17.2 Å². The van der Waals surface area contributed by atoms with Crippen LogP contribution in [0.1, 0.15) is 124 Å². The second kappa shape index (κ2) is 5.25. The van der Waals surface area contributed by atoms with Gasteiger partial charge < -0.3 is 0 Å². The average Bonchev–Trinajstić information content (AvgIpc) is 4.06. The maximum atomic E-state index is 4.49. The maximum absolute atomic E-state index is 4.49. The molecular formula is C46H70FeN2P2. The van der Waals surface area contributed by atoms with E-state index in [-0.39, 0.29) is 7.92 Å². The van der Waals surface area contributed by atoms with E-state index in [4.69, 9.17) is 0 Å². The first-order chi connectivity index (χ1) is 24.5. The Bertz CT molecular complexity index is 2020. The van der Waals surface area contributed by atoms with E-state index in [1.165, 1.54) is 120 Å². The van der Waals surface area contributed by atoms with Crippen molar-refractivity contribution in [2.75, 3.05) is 19.3 Å². The van der Waals surface area contributed by atoms with Gasteiger partial charge in [0.25, 0.3) is 0 Å². The van der Waals surface area contributed by atoms with E-state index in [2.05, 4.69) is 40.6 Å². The summed E-state index contributed by atoms with van der Waals surface area (Å²) in [7, 11) is 4.25. The molecule has 0 aromatic heterocycles. The van der Waals surface area contributed by atoms with E-state index >= 15 is 0 Å². The van der Waals surface area contributed by atoms with Crippen molar-refractivity contribution in [3.8, 4) is 0 Å². The number of hydrogen-bond acceptors (Lipinski definition) is 2. The van der Waals surface area contributed by atoms with Crippen molar-refractivity contribution in [2.24, 2.45) is 52.8 Å². The molecule has 282 valence electrons. The fourth-order valence-electron chi connectivity index (χ4n) is 34.0. The zero-order valence-electron chi connectivity index (χ0n) is 32.3. The molecule has 8 unspecified atom stereocenters. The molecule has 12 aliphatic heterocycles. The molecule has 20 aliphatic rings. The molecule has 8 aliphatic carbocycles. The van der Waals surface area contributed by atoms with Crippen molar-refractivity contribution in [1.29, 1.82) is 0 Å². The van der Waals surface area contributed by atoms with Crippen molar-refractivity contribution in [3.05, 3.63) is 0 Å². The summed E-state index contributed by atoms with van der Waals surface area (Å²) < 4.78 is 2.73. The van der Waals surface area contributed by atoms with Crippen molar-refractivity contribution in [3.63, 3.8) is 0 Å². The molecular weight excluding hydrogens is 698 g/mol. The van der Waals surface area contributed by atoms with Crippen LogP contribution in [-0.4, -0.2) is 47.8 Å². The third-order valence-electron chi connectivity index (χ3n) is 30.3. The van der Waals surface area contributed by atoms with Gasteiger partial charge in [-0.2, -0.15) is 0 Å². The molecule has 2 N–H and O–H groups in total. The predicted molar refractivity (Wildman–Crippen MR) is 211 cm³/mol. The molecule has 8 saturated carbocycles. The minimum absolute atomic E-state index is 0.146. The van der Waals surface area contributed by atoms with Crippen LogP contribution in [0.4, 0.5) is 0 Å². The van der Waals surface area contributed by atoms with Gasteiger partial charge in [0.2, 0.25) is 0 Å². The van der Waals surface area contributed by atoms with Crippen LogP contribution < -0.4 is 10.6 Å². The molecule has 1 spiro atoms. The Kier molecular flexibility index (Phi) is 2.95. The van der Waals surface area contributed by atoms with E-state index in [1.807, 2.05) is 6.16 Å². The van der Waals surface area contributed by atoms with E-state index < -0.39 is 6.51 Å². The molecule has 0 radical (unpaired) electrons. The fourth-order valence-corrected chi connectivity index (χ4v) is 128. The Hall–Kier alpha value is 1.30. The molecule has 2 nitrogen and oxygen atoms in total. The standard InChI is InChI=1S/C41H65N2P2.C5H5.Fe/c1-40(2,3)34-22-33(35(23-34)41(44,36-8-4-6-10-42-36)37-9-5-7-11-43-37)24-45(38-29-14-25-12-26(16-29)17-30(38)15-25)39-31-18-27-13-28(20-31)21-32(39)19-27;1-2-4-5-3-1;/h22-23,25-32,36-39,42-43H,4-21,24,44H2,1-3H3;1-5H;. The minimum atomic E-state index is -4.13. The van der Waals surface area contributed by atoms with Crippen molar-refractivity contribution < 1.29 is 6.51 Å². The number of piperidine rings is 2. The van der Waals surface area contributed by atoms with Gasteiger partial charge in [0.15, 0.2) is 0 Å². The third-order valence-corrected chi connectivity index (χ3v) is 80.7. The van der Waals surface area contributed by atoms with Gasteiger partial charge in [-0.3, -0.25) is 0 Å². The second-order valence-corrected chi connectivity index (χ2v) is 54.2. The van der Waals surface area contributed by atoms with Crippen LogP contribution >= 0.6 is 17.2 Å². The Morgan fingerprint density at radius 1 is 0.608 bits per heavy atom. The zero-order chi connectivity index (χ0) is 33.2. The first-order valence-electron chi connectivity index (χ1n) is 23.7. The molecule has 20 rings (SSSR count). The van der Waals surface area contributed by atoms with E-state index in [9.17, 15) is 0 Å². The summed E-state index contributed by atoms with van der Waals surface area (Å²) in [6, 6.07) is 1.57. The molecule has 12 saturated heterocycles. The van der Waals surface area contributed by atoms with E-state index in [0.717, 1.165) is 48.7 Å². The van der Waals surface area contributed by atoms with Gasteiger partial charge in [-0.05, 0) is 0 Å². The zero-order valence-corrected chi connectivity index (χ0v) is 35.4. The first kappa shape index (κ1) is 28.7. The summed E-state index contributed by atoms with van der Waals surface area (Å²) in [6.45, 7) is 7.16. The molecule has 0 aromatic carbocycles. The van der Waals surface area contributed by atoms with Gasteiger partial charge >= 0.3 is 305 Å². The van der Waals surface area contributed by atoms with Crippen LogP contribution in [0.5, 0.6) is 0 Å². The fraction of sp³-hybridized carbons (Fsp3) is 1.00. The van der Waals surface area contributed by atoms with Crippen LogP contribution in [-0.2, 0) is 6.51 Å². The topological polar surface area (TPSA) is 24.1 Å². The van der Waals surface area contributed by atoms with Gasteiger partial charge in [-0.15, -0.1) is 0 Å². The summed E-state index contributed by atoms with van der Waals surface area (Å²) in [4.78, 5) is 9.65. The van der Waals surface area contributed by atoms with Gasteiger partial charge in [-0.25, -0.2) is 0 Å². The summed E-state index contributed by atoms with van der Waals surface area (Å²) in [5.41, 5.74) is 3.03. The van der Waals surface area contributed by atoms with Gasteiger partial charge in [0.1, 0.15) is 0 Å². The quantitative estimate of drug-likeness (QED) is 0.199. The summed E-state index contributed by atoms with van der Waals surface area (Å²) in [5, 5.41) is 9.44. The molecule has 20 fully saturated rings. The molecule has 8 atom stereocenters. The van der Waals surface area contributed by atoms with Crippen LogP contribution in [0.15, 0.2) is 0 Å². The number of fused-ring (bicyclic) bond motifs is 10. The summed E-state index contributed by atoms with van der Waals surface area (Å²) in [5.74, 6) is 9.28. The molecule has 51 heavy (non-hydrogen) atoms. The average molecular weight is 769 g/mol. The normalized spacial score (nSPS) is 81.0. The van der Waals surface area contributed by atoms with Crippen molar-refractivity contribution in [1.82, 2.24) is 10.6 Å². The van der Waals surface area contributed by atoms with Crippen LogP contribution in [0, 0.1) is 52.8 Å². The molecule has 0 amide bonds. The van der Waals surface area contributed by atoms with Gasteiger partial charge in [-0.1, -0.05) is 0 Å².